The molecule has 3 nitrogen and oxygen atoms in total. The first-order valence-corrected chi connectivity index (χ1v) is 15.3. The Morgan fingerprint density at radius 3 is 1.16 bits per heavy atom. The minimum atomic E-state index is -7.37. The standard InChI is InChI=1S/C24H26F9IO3S/c1-19(2,3)15-7-11-17(12-8-15)34(18-13-9-16(10-14-18)20(4,5)6)37-38(35,36)24(32,33)22(27,28)21(25,26)23(29,30)31/h7-14H,1-6H3/q+1. The lowest BCUT2D eigenvalue weighted by atomic mass is 9.87. The van der Waals surface area contributed by atoms with E-state index in [0.717, 1.165) is 11.1 Å². The monoisotopic (exact) mass is 692 g/mol. The van der Waals surface area contributed by atoms with Crippen LogP contribution in [0.25, 0.3) is 0 Å². The predicted octanol–water partition coefficient (Wildman–Crippen LogP) is 4.63. The van der Waals surface area contributed by atoms with Gasteiger partial charge in [-0.25, -0.2) is 0 Å². The molecule has 0 aliphatic carbocycles. The molecular weight excluding hydrogens is 666 g/mol. The van der Waals surface area contributed by atoms with E-state index >= 15 is 0 Å². The van der Waals surface area contributed by atoms with Crippen LogP contribution >= 0.6 is 0 Å². The molecule has 0 spiro atoms. The molecular formula is C24H26F9IO3S+. The van der Waals surface area contributed by atoms with E-state index in [0.29, 0.717) is 0 Å². The van der Waals surface area contributed by atoms with Gasteiger partial charge in [0.15, 0.2) is 7.14 Å². The van der Waals surface area contributed by atoms with Gasteiger partial charge in [0.25, 0.3) is 0 Å². The third kappa shape index (κ3) is 6.11. The third-order valence-electron chi connectivity index (χ3n) is 5.39. The largest absolute Gasteiger partial charge is 0.460 e. The molecule has 0 aliphatic heterocycles. The van der Waals surface area contributed by atoms with Crippen LogP contribution in [-0.2, 0) is 23.5 Å². The summed E-state index contributed by atoms with van der Waals surface area (Å²) in [6, 6.07) is 11.3. The van der Waals surface area contributed by atoms with Crippen molar-refractivity contribution < 1.29 is 70.7 Å². The summed E-state index contributed by atoms with van der Waals surface area (Å²) >= 11 is -4.16. The van der Waals surface area contributed by atoms with Crippen LogP contribution in [0.1, 0.15) is 52.7 Å². The Morgan fingerprint density at radius 1 is 0.579 bits per heavy atom. The van der Waals surface area contributed by atoms with E-state index in [2.05, 4.69) is 2.51 Å². The van der Waals surface area contributed by atoms with Crippen molar-refractivity contribution in [1.29, 1.82) is 0 Å². The van der Waals surface area contributed by atoms with Crippen LogP contribution in [-0.4, -0.2) is 31.7 Å². The maximum atomic E-state index is 14.4. The molecule has 0 atom stereocenters. The Labute approximate surface area is 222 Å². The van der Waals surface area contributed by atoms with Crippen molar-refractivity contribution in [1.82, 2.24) is 0 Å². The summed E-state index contributed by atoms with van der Waals surface area (Å²) in [6.45, 7) is 11.0. The molecule has 0 amide bonds. The number of alkyl halides is 9. The summed E-state index contributed by atoms with van der Waals surface area (Å²) in [7, 11) is -7.03. The van der Waals surface area contributed by atoms with E-state index in [1.165, 1.54) is 48.5 Å². The van der Waals surface area contributed by atoms with Crippen LogP contribution < -0.4 is 20.2 Å². The summed E-state index contributed by atoms with van der Waals surface area (Å²) < 4.78 is 150. The second-order valence-electron chi connectivity index (χ2n) is 10.4. The summed E-state index contributed by atoms with van der Waals surface area (Å²) in [5.74, 6) is -14.7. The molecule has 0 aliphatic rings. The Hall–Kier alpha value is -1.55. The first-order valence-electron chi connectivity index (χ1n) is 10.8. The maximum absolute atomic E-state index is 14.4. The molecule has 0 saturated heterocycles. The number of halogens is 10. The molecule has 0 saturated carbocycles. The highest BCUT2D eigenvalue weighted by atomic mass is 127. The number of rotatable bonds is 7. The van der Waals surface area contributed by atoms with Crippen LogP contribution in [0, 0.1) is 7.14 Å². The number of hydrogen-bond donors (Lipinski definition) is 0. The smallest absolute Gasteiger partial charge is 0.191 e. The quantitative estimate of drug-likeness (QED) is 0.314. The average Bonchev–Trinajstić information content (AvgIpc) is 2.75. The molecule has 0 bridgehead atoms. The molecule has 1 radical (unpaired) electrons. The van der Waals surface area contributed by atoms with Gasteiger partial charge < -0.3 is 0 Å². The molecule has 2 aromatic rings. The Kier molecular flexibility index (Phi) is 8.71. The average molecular weight is 692 g/mol. The summed E-state index contributed by atoms with van der Waals surface area (Å²) in [6.07, 6.45) is -7.17. The van der Waals surface area contributed by atoms with Gasteiger partial charge in [-0.1, -0.05) is 65.8 Å². The summed E-state index contributed by atoms with van der Waals surface area (Å²) in [5, 5.41) is -6.93. The third-order valence-corrected chi connectivity index (χ3v) is 12.8. The highest BCUT2D eigenvalue weighted by Crippen LogP contribution is 2.54. The molecule has 0 N–H and O–H groups in total. The normalized spacial score (nSPS) is 14.7. The molecule has 38 heavy (non-hydrogen) atoms. The van der Waals surface area contributed by atoms with Crippen molar-refractivity contribution in [3.63, 3.8) is 0 Å². The van der Waals surface area contributed by atoms with Gasteiger partial charge in [-0.2, -0.15) is 47.9 Å². The maximum Gasteiger partial charge on any atom is 0.460 e. The predicted molar refractivity (Wildman–Crippen MR) is 119 cm³/mol. The van der Waals surface area contributed by atoms with Gasteiger partial charge in [-0.05, 0) is 48.7 Å². The second kappa shape index (κ2) is 10.1. The number of benzene rings is 2. The second-order valence-corrected chi connectivity index (χ2v) is 17.0. The molecule has 0 unspecified atom stereocenters. The highest BCUT2D eigenvalue weighted by Gasteiger charge is 2.86. The zero-order chi connectivity index (χ0) is 29.8. The fourth-order valence-electron chi connectivity index (χ4n) is 2.97. The van der Waals surface area contributed by atoms with E-state index in [1.54, 1.807) is 0 Å². The van der Waals surface area contributed by atoms with Gasteiger partial charge in [0.2, 0.25) is 0 Å². The van der Waals surface area contributed by atoms with Crippen molar-refractivity contribution in [3.8, 4) is 0 Å². The zero-order valence-corrected chi connectivity index (χ0v) is 24.0. The summed E-state index contributed by atoms with van der Waals surface area (Å²) in [5.41, 5.74) is 0.670. The van der Waals surface area contributed by atoms with E-state index in [-0.39, 0.29) is 7.14 Å². The zero-order valence-electron chi connectivity index (χ0n) is 21.0. The molecule has 2 aromatic carbocycles. The Balaban J connectivity index is 2.66. The van der Waals surface area contributed by atoms with E-state index < -0.39 is 64.5 Å². The van der Waals surface area contributed by atoms with E-state index in [9.17, 15) is 47.9 Å². The van der Waals surface area contributed by atoms with Gasteiger partial charge in [0.1, 0.15) is 0 Å². The number of hydrogen-bond acceptors (Lipinski definition) is 3. The topological polar surface area (TPSA) is 43.4 Å². The van der Waals surface area contributed by atoms with Crippen molar-refractivity contribution >= 4 is 10.1 Å². The Bertz CT molecular complexity index is 1170. The SMILES string of the molecule is CC(C)(C)c1ccc([I+](OS(=O)(=O)C(F)(F)C(F)(F)C(F)(F)C(F)(F)F)c2ccc(C(C)(C)C)cc2)cc1. The molecule has 14 heteroatoms. The lowest BCUT2D eigenvalue weighted by Crippen LogP contribution is -3.85. The molecule has 215 valence electrons. The van der Waals surface area contributed by atoms with Gasteiger partial charge in [0, 0.05) is 0 Å². The minimum absolute atomic E-state index is 0.00372. The van der Waals surface area contributed by atoms with E-state index in [1.807, 2.05) is 41.5 Å². The fraction of sp³-hybridized carbons (Fsp3) is 0.500. The van der Waals surface area contributed by atoms with Gasteiger partial charge >= 0.3 is 53.6 Å². The lowest BCUT2D eigenvalue weighted by Gasteiger charge is -2.32. The van der Waals surface area contributed by atoms with Gasteiger partial charge in [-0.3, -0.25) is 0 Å². The fourth-order valence-corrected chi connectivity index (χ4v) is 9.89. The van der Waals surface area contributed by atoms with Crippen LogP contribution in [0.15, 0.2) is 48.5 Å². The van der Waals surface area contributed by atoms with Crippen molar-refractivity contribution in [3.05, 3.63) is 66.8 Å². The van der Waals surface area contributed by atoms with Crippen LogP contribution in [0.5, 0.6) is 0 Å². The molecule has 0 heterocycles. The van der Waals surface area contributed by atoms with Crippen LogP contribution in [0.4, 0.5) is 39.5 Å². The van der Waals surface area contributed by atoms with Gasteiger partial charge in [-0.15, -0.1) is 0 Å². The lowest BCUT2D eigenvalue weighted by molar-refractivity contribution is -1.03. The minimum Gasteiger partial charge on any atom is -0.191 e. The van der Waals surface area contributed by atoms with Crippen molar-refractivity contribution in [2.45, 2.75) is 75.6 Å². The van der Waals surface area contributed by atoms with Crippen LogP contribution in [0.3, 0.4) is 0 Å². The first-order chi connectivity index (χ1) is 16.8. The molecule has 2 rings (SSSR count). The molecule has 0 fully saturated rings. The van der Waals surface area contributed by atoms with E-state index in [4.69, 9.17) is 0 Å². The van der Waals surface area contributed by atoms with Gasteiger partial charge in [0.05, 0.1) is 0 Å². The van der Waals surface area contributed by atoms with Crippen molar-refractivity contribution in [2.75, 3.05) is 0 Å². The first kappa shape index (κ1) is 32.7. The van der Waals surface area contributed by atoms with Crippen molar-refractivity contribution in [2.24, 2.45) is 0 Å². The Morgan fingerprint density at radius 2 is 0.895 bits per heavy atom. The molecule has 0 aromatic heterocycles. The van der Waals surface area contributed by atoms with Crippen LogP contribution in [0.2, 0.25) is 0 Å². The highest BCUT2D eigenvalue weighted by molar-refractivity contribution is 7.87. The summed E-state index contributed by atoms with van der Waals surface area (Å²) in [4.78, 5) is 0.